The number of ether oxygens (including phenoxy) is 2. The molecule has 1 aromatic carbocycles. The summed E-state index contributed by atoms with van der Waals surface area (Å²) in [5.74, 6) is -4.78. The third-order valence-corrected chi connectivity index (χ3v) is 8.23. The molecule has 0 aliphatic heterocycles. The van der Waals surface area contributed by atoms with Crippen molar-refractivity contribution in [1.29, 1.82) is 0 Å². The second-order valence-corrected chi connectivity index (χ2v) is 15.0. The van der Waals surface area contributed by atoms with Crippen molar-refractivity contribution in [3.63, 3.8) is 0 Å². The van der Waals surface area contributed by atoms with Gasteiger partial charge in [0.1, 0.15) is 41.6 Å². The van der Waals surface area contributed by atoms with Crippen molar-refractivity contribution in [2.45, 2.75) is 130 Å². The maximum Gasteiger partial charge on any atom is 0.408 e. The summed E-state index contributed by atoms with van der Waals surface area (Å²) in [7, 11) is 1.21. The molecule has 7 atom stereocenters. The third kappa shape index (κ3) is 17.4. The number of aromatic hydroxyl groups is 1. The van der Waals surface area contributed by atoms with Gasteiger partial charge >= 0.3 is 12.1 Å². The number of carbonyl (C=O) groups is 7. The van der Waals surface area contributed by atoms with Gasteiger partial charge in [-0.2, -0.15) is 0 Å². The molecule has 18 heteroatoms. The lowest BCUT2D eigenvalue weighted by atomic mass is 9.97. The number of alkyl carbamates (subject to hydrolysis) is 1. The van der Waals surface area contributed by atoms with E-state index in [2.05, 4.69) is 31.9 Å². The summed E-state index contributed by atoms with van der Waals surface area (Å²) in [6.07, 6.45) is -2.57. The first kappa shape index (κ1) is 48.0. The number of esters is 1. The van der Waals surface area contributed by atoms with Crippen LogP contribution < -0.4 is 31.9 Å². The van der Waals surface area contributed by atoms with Gasteiger partial charge in [-0.05, 0) is 77.0 Å². The lowest BCUT2D eigenvalue weighted by Crippen LogP contribution is -2.57. The van der Waals surface area contributed by atoms with Crippen molar-refractivity contribution in [1.82, 2.24) is 31.9 Å². The first-order valence-electron chi connectivity index (χ1n) is 18.1. The molecule has 0 aliphatic carbocycles. The summed E-state index contributed by atoms with van der Waals surface area (Å²) >= 11 is 0. The Bertz CT molecular complexity index is 1460. The fraction of sp³-hybridized carbons (Fsp3) is 0.649. The minimum absolute atomic E-state index is 0.0000704. The fourth-order valence-corrected chi connectivity index (χ4v) is 5.03. The van der Waals surface area contributed by atoms with Gasteiger partial charge in [0.2, 0.25) is 29.5 Å². The van der Waals surface area contributed by atoms with E-state index in [1.165, 1.54) is 33.1 Å². The van der Waals surface area contributed by atoms with Crippen LogP contribution in [0.25, 0.3) is 0 Å². The van der Waals surface area contributed by atoms with Crippen LogP contribution in [-0.2, 0) is 44.7 Å². The average Bonchev–Trinajstić information content (AvgIpc) is 3.09. The van der Waals surface area contributed by atoms with Crippen molar-refractivity contribution >= 4 is 41.6 Å². The number of nitrogens with one attached hydrogen (secondary N) is 6. The number of hydrogen-bond acceptors (Lipinski definition) is 12. The van der Waals surface area contributed by atoms with Crippen LogP contribution in [0.4, 0.5) is 4.79 Å². The number of methoxy groups -OCH3 is 1. The normalized spacial score (nSPS) is 15.2. The summed E-state index contributed by atoms with van der Waals surface area (Å²) in [6.45, 7) is 13.7. The summed E-state index contributed by atoms with van der Waals surface area (Å²) in [5.41, 5.74) is -0.235. The first-order valence-corrected chi connectivity index (χ1v) is 18.1. The smallest absolute Gasteiger partial charge is 0.408 e. The van der Waals surface area contributed by atoms with Gasteiger partial charge in [0.15, 0.2) is 0 Å². The molecule has 9 N–H and O–H groups in total. The van der Waals surface area contributed by atoms with Crippen LogP contribution in [0.5, 0.6) is 5.75 Å². The SMILES string of the molecule is COC(=O)[C@@H](NC(=O)[C@@H](NC(=O)CC[C@H](O)[C@H](Cc1ccc(O)cc1)NC(=O)[C@H](C)NC(=O)[C@H](C)NC(=O)[C@H](CO)NC(=O)OC(C)(C)C)C(C)C)C(C)C. The second kappa shape index (κ2) is 22.4. The van der Waals surface area contributed by atoms with E-state index in [1.807, 2.05) is 0 Å². The van der Waals surface area contributed by atoms with Gasteiger partial charge in [-0.1, -0.05) is 39.8 Å². The van der Waals surface area contributed by atoms with Gasteiger partial charge in [-0.3, -0.25) is 24.0 Å². The predicted molar refractivity (Wildman–Crippen MR) is 200 cm³/mol. The van der Waals surface area contributed by atoms with Crippen LogP contribution in [0.3, 0.4) is 0 Å². The highest BCUT2D eigenvalue weighted by atomic mass is 16.6. The summed E-state index contributed by atoms with van der Waals surface area (Å²) < 4.78 is 9.87. The molecule has 1 aromatic rings. The predicted octanol–water partition coefficient (Wildman–Crippen LogP) is -0.0898. The number of benzene rings is 1. The number of aliphatic hydroxyl groups excluding tert-OH is 2. The van der Waals surface area contributed by atoms with Crippen LogP contribution in [0, 0.1) is 11.8 Å². The molecular formula is C37H60N6O12. The highest BCUT2D eigenvalue weighted by Crippen LogP contribution is 2.15. The Morgan fingerprint density at radius 3 is 1.73 bits per heavy atom. The van der Waals surface area contributed by atoms with Gasteiger partial charge in [0.25, 0.3) is 0 Å². The molecule has 0 saturated heterocycles. The second-order valence-electron chi connectivity index (χ2n) is 15.0. The van der Waals surface area contributed by atoms with E-state index >= 15 is 0 Å². The molecule has 18 nitrogen and oxygen atoms in total. The van der Waals surface area contributed by atoms with Crippen LogP contribution in [0.15, 0.2) is 24.3 Å². The van der Waals surface area contributed by atoms with E-state index in [4.69, 9.17) is 9.47 Å². The molecule has 6 amide bonds. The van der Waals surface area contributed by atoms with Gasteiger partial charge in [0, 0.05) is 6.42 Å². The number of aliphatic hydroxyl groups is 2. The van der Waals surface area contributed by atoms with Crippen molar-refractivity contribution in [3.8, 4) is 5.75 Å². The van der Waals surface area contributed by atoms with E-state index in [0.717, 1.165) is 0 Å². The number of hydrogen-bond donors (Lipinski definition) is 9. The quantitative estimate of drug-likeness (QED) is 0.0786. The number of phenolic OH excluding ortho intramolecular Hbond substituents is 1. The molecule has 55 heavy (non-hydrogen) atoms. The summed E-state index contributed by atoms with van der Waals surface area (Å²) in [5, 5.41) is 45.6. The van der Waals surface area contributed by atoms with E-state index in [1.54, 1.807) is 60.6 Å². The van der Waals surface area contributed by atoms with E-state index in [0.29, 0.717) is 5.56 Å². The van der Waals surface area contributed by atoms with Crippen molar-refractivity contribution < 1.29 is 58.4 Å². The third-order valence-electron chi connectivity index (χ3n) is 8.23. The Balaban J connectivity index is 2.97. The summed E-state index contributed by atoms with van der Waals surface area (Å²) in [6, 6.07) is -0.690. The van der Waals surface area contributed by atoms with E-state index < -0.39 is 96.2 Å². The van der Waals surface area contributed by atoms with Gasteiger partial charge in [-0.15, -0.1) is 0 Å². The monoisotopic (exact) mass is 780 g/mol. The molecule has 0 bridgehead atoms. The van der Waals surface area contributed by atoms with Crippen LogP contribution in [0.1, 0.15) is 80.7 Å². The lowest BCUT2D eigenvalue weighted by molar-refractivity contribution is -0.146. The zero-order chi connectivity index (χ0) is 42.2. The minimum Gasteiger partial charge on any atom is -0.508 e. The molecule has 0 unspecified atom stereocenters. The van der Waals surface area contributed by atoms with Gasteiger partial charge in [0.05, 0.1) is 25.9 Å². The largest absolute Gasteiger partial charge is 0.508 e. The maximum atomic E-state index is 13.3. The highest BCUT2D eigenvalue weighted by Gasteiger charge is 2.32. The molecule has 0 aliphatic rings. The van der Waals surface area contributed by atoms with Crippen LogP contribution >= 0.6 is 0 Å². The van der Waals surface area contributed by atoms with Crippen molar-refractivity contribution in [2.75, 3.05) is 13.7 Å². The molecule has 0 saturated carbocycles. The number of rotatable bonds is 20. The molecular weight excluding hydrogens is 720 g/mol. The zero-order valence-corrected chi connectivity index (χ0v) is 33.3. The van der Waals surface area contributed by atoms with Crippen molar-refractivity contribution in [2.24, 2.45) is 11.8 Å². The lowest BCUT2D eigenvalue weighted by Gasteiger charge is -2.28. The first-order chi connectivity index (χ1) is 25.5. The molecule has 0 heterocycles. The number of phenols is 1. The standard InChI is InChI=1S/C37H60N6O12/c1-19(2)29(34(51)43-30(20(3)4)35(52)54-10)42-28(47)16-15-27(46)25(17-23-11-13-24(45)14-12-23)40-32(49)22(6)38-31(48)21(5)39-33(50)26(18-44)41-36(53)55-37(7,8)9/h11-14,19-22,25-27,29-30,44-46H,15-18H2,1-10H3,(H,38,48)(H,39,50)(H,40,49)(H,41,53)(H,42,47)(H,43,51)/t21-,22-,25-,26-,27-,29-,30-/m0/s1. The Hall–Kier alpha value is -4.97. The Kier molecular flexibility index (Phi) is 19.6. The molecule has 310 valence electrons. The molecule has 1 rings (SSSR count). The molecule has 0 aromatic heterocycles. The highest BCUT2D eigenvalue weighted by molar-refractivity contribution is 5.94. The van der Waals surface area contributed by atoms with Gasteiger partial charge in [-0.25, -0.2) is 9.59 Å². The van der Waals surface area contributed by atoms with Crippen molar-refractivity contribution in [3.05, 3.63) is 29.8 Å². The molecule has 0 spiro atoms. The Morgan fingerprint density at radius 1 is 0.709 bits per heavy atom. The summed E-state index contributed by atoms with van der Waals surface area (Å²) in [4.78, 5) is 89.2. The maximum absolute atomic E-state index is 13.3. The molecule has 0 fully saturated rings. The Labute approximate surface area is 322 Å². The topological polar surface area (TPSA) is 271 Å². The zero-order valence-electron chi connectivity index (χ0n) is 33.3. The molecule has 0 radical (unpaired) electrons. The van der Waals surface area contributed by atoms with E-state index in [9.17, 15) is 48.9 Å². The van der Waals surface area contributed by atoms with E-state index in [-0.39, 0.29) is 36.8 Å². The minimum atomic E-state index is -1.42. The van der Waals surface area contributed by atoms with Crippen LogP contribution in [-0.4, -0.2) is 119 Å². The van der Waals surface area contributed by atoms with Gasteiger partial charge < -0.3 is 56.7 Å². The number of amides is 6. The Morgan fingerprint density at radius 2 is 1.24 bits per heavy atom. The number of carbonyl (C=O) groups excluding carboxylic acids is 7. The average molecular weight is 781 g/mol. The van der Waals surface area contributed by atoms with Crippen LogP contribution in [0.2, 0.25) is 0 Å². The fourth-order valence-electron chi connectivity index (χ4n) is 5.03.